The molecule has 1 saturated heterocycles. The lowest BCUT2D eigenvalue weighted by Crippen LogP contribution is -2.47. The molecule has 36 heavy (non-hydrogen) atoms. The number of sulfone groups is 1. The molecule has 0 bridgehead atoms. The fraction of sp³-hybridized carbons (Fsp3) is 0.292. The molecule has 0 saturated carbocycles. The van der Waals surface area contributed by atoms with Crippen molar-refractivity contribution < 1.29 is 32.6 Å². The molecule has 188 valence electrons. The van der Waals surface area contributed by atoms with Crippen molar-refractivity contribution in [1.82, 2.24) is 20.0 Å². The van der Waals surface area contributed by atoms with Crippen molar-refractivity contribution >= 4 is 38.7 Å². The van der Waals surface area contributed by atoms with E-state index in [1.807, 2.05) is 0 Å². The van der Waals surface area contributed by atoms with Crippen LogP contribution in [0.2, 0.25) is 0 Å². The number of fused-ring (bicyclic) bond motifs is 2. The van der Waals surface area contributed by atoms with Crippen LogP contribution in [-0.4, -0.2) is 84.9 Å². The molecule has 0 spiro atoms. The molecule has 3 heterocycles. The highest BCUT2D eigenvalue weighted by molar-refractivity contribution is 7.90. The molecular formula is C24H24N4O7S. The second kappa shape index (κ2) is 8.95. The number of carbonyl (C=O) groups excluding carboxylic acids is 1. The summed E-state index contributed by atoms with van der Waals surface area (Å²) in [6, 6.07) is 7.99. The molecule has 12 heteroatoms. The second-order valence-corrected chi connectivity index (χ2v) is 10.7. The minimum absolute atomic E-state index is 0.0633. The number of nitrogens with one attached hydrogen (secondary N) is 1. The number of aromatic nitrogens is 2. The molecule has 1 amide bonds. The fourth-order valence-electron chi connectivity index (χ4n) is 4.43. The molecule has 5 rings (SSSR count). The lowest BCUT2D eigenvalue weighted by molar-refractivity contribution is 0.101. The van der Waals surface area contributed by atoms with Crippen molar-refractivity contribution in [1.29, 1.82) is 0 Å². The summed E-state index contributed by atoms with van der Waals surface area (Å²) in [6.07, 6.45) is 1.68. The van der Waals surface area contributed by atoms with Crippen molar-refractivity contribution in [2.24, 2.45) is 0 Å². The molecule has 3 aromatic rings. The average molecular weight is 513 g/mol. The number of hydrogen-bond donors (Lipinski definition) is 2. The first-order chi connectivity index (χ1) is 17.2. The lowest BCUT2D eigenvalue weighted by atomic mass is 10.0. The molecule has 2 aromatic carbocycles. The Morgan fingerprint density at radius 1 is 1.22 bits per heavy atom. The van der Waals surface area contributed by atoms with Crippen LogP contribution < -0.4 is 9.47 Å². The Morgan fingerprint density at radius 2 is 1.97 bits per heavy atom. The highest BCUT2D eigenvalue weighted by Crippen LogP contribution is 2.41. The summed E-state index contributed by atoms with van der Waals surface area (Å²) in [6.45, 7) is 2.28. The van der Waals surface area contributed by atoms with Crippen LogP contribution in [0.5, 0.6) is 11.5 Å². The van der Waals surface area contributed by atoms with E-state index in [1.54, 1.807) is 18.2 Å². The van der Waals surface area contributed by atoms with Crippen molar-refractivity contribution in [3.05, 3.63) is 52.9 Å². The number of rotatable bonds is 5. The van der Waals surface area contributed by atoms with Gasteiger partial charge in [-0.25, -0.2) is 13.2 Å². The van der Waals surface area contributed by atoms with Gasteiger partial charge in [0.15, 0.2) is 15.6 Å². The SMILES string of the molecule is COc1ccc2c(c1CN1CCN(C(=O)O)CC1)OC(=Cc1n[nH]c3ccc(S(C)(=O)=O)cc13)C2=O. The first-order valence-electron chi connectivity index (χ1n) is 11.2. The number of ketones is 1. The van der Waals surface area contributed by atoms with Crippen LogP contribution in [-0.2, 0) is 16.4 Å². The first-order valence-corrected chi connectivity index (χ1v) is 13.1. The van der Waals surface area contributed by atoms with Gasteiger partial charge in [-0.15, -0.1) is 0 Å². The number of amides is 1. The van der Waals surface area contributed by atoms with Gasteiger partial charge in [-0.1, -0.05) is 0 Å². The van der Waals surface area contributed by atoms with Gasteiger partial charge in [0.05, 0.1) is 34.3 Å². The van der Waals surface area contributed by atoms with E-state index in [1.165, 1.54) is 30.2 Å². The number of Topliss-reactive ketones (excluding diaryl/α,β-unsaturated/α-hetero) is 1. The quantitative estimate of drug-likeness (QED) is 0.493. The molecule has 0 unspecified atom stereocenters. The topological polar surface area (TPSA) is 142 Å². The van der Waals surface area contributed by atoms with E-state index < -0.39 is 15.9 Å². The van der Waals surface area contributed by atoms with E-state index in [0.29, 0.717) is 71.9 Å². The third-order valence-electron chi connectivity index (χ3n) is 6.40. The van der Waals surface area contributed by atoms with Crippen molar-refractivity contribution in [2.45, 2.75) is 11.4 Å². The van der Waals surface area contributed by atoms with E-state index in [2.05, 4.69) is 15.1 Å². The van der Waals surface area contributed by atoms with Gasteiger partial charge < -0.3 is 19.5 Å². The largest absolute Gasteiger partial charge is 0.496 e. The van der Waals surface area contributed by atoms with E-state index in [0.717, 1.165) is 6.26 Å². The average Bonchev–Trinajstić information content (AvgIpc) is 3.40. The second-order valence-electron chi connectivity index (χ2n) is 8.70. The van der Waals surface area contributed by atoms with E-state index in [9.17, 15) is 23.1 Å². The highest BCUT2D eigenvalue weighted by Gasteiger charge is 2.33. The number of piperazine rings is 1. The summed E-state index contributed by atoms with van der Waals surface area (Å²) >= 11 is 0. The van der Waals surface area contributed by atoms with E-state index in [4.69, 9.17) is 9.47 Å². The maximum atomic E-state index is 13.2. The lowest BCUT2D eigenvalue weighted by Gasteiger charge is -2.33. The maximum absolute atomic E-state index is 13.2. The van der Waals surface area contributed by atoms with E-state index in [-0.39, 0.29) is 16.4 Å². The number of hydrogen-bond acceptors (Lipinski definition) is 8. The summed E-state index contributed by atoms with van der Waals surface area (Å²) in [5.41, 5.74) is 2.09. The normalized spacial score (nSPS) is 17.4. The smallest absolute Gasteiger partial charge is 0.407 e. The molecular weight excluding hydrogens is 488 g/mol. The Morgan fingerprint density at radius 3 is 2.64 bits per heavy atom. The number of carbonyl (C=O) groups is 2. The Bertz CT molecular complexity index is 1520. The van der Waals surface area contributed by atoms with Gasteiger partial charge in [-0.2, -0.15) is 5.10 Å². The highest BCUT2D eigenvalue weighted by atomic mass is 32.2. The molecule has 0 radical (unpaired) electrons. The Labute approximate surface area is 206 Å². The molecule has 2 aliphatic rings. The number of aromatic amines is 1. The summed E-state index contributed by atoms with van der Waals surface area (Å²) in [5.74, 6) is 0.697. The maximum Gasteiger partial charge on any atom is 0.407 e. The number of ether oxygens (including phenoxy) is 2. The van der Waals surface area contributed by atoms with Crippen LogP contribution in [0, 0.1) is 0 Å². The van der Waals surface area contributed by atoms with Gasteiger partial charge in [-0.3, -0.25) is 14.8 Å². The van der Waals surface area contributed by atoms with Crippen LogP contribution in [0.1, 0.15) is 21.6 Å². The first kappa shape index (κ1) is 23.8. The van der Waals surface area contributed by atoms with Crippen LogP contribution in [0.15, 0.2) is 41.0 Å². The van der Waals surface area contributed by atoms with Crippen LogP contribution in [0.4, 0.5) is 4.79 Å². The monoisotopic (exact) mass is 512 g/mol. The predicted octanol–water partition coefficient (Wildman–Crippen LogP) is 2.39. The minimum atomic E-state index is -3.42. The van der Waals surface area contributed by atoms with Gasteiger partial charge in [-0.05, 0) is 30.3 Å². The summed E-state index contributed by atoms with van der Waals surface area (Å²) in [4.78, 5) is 28.0. The van der Waals surface area contributed by atoms with Crippen LogP contribution in [0.3, 0.4) is 0 Å². The van der Waals surface area contributed by atoms with Gasteiger partial charge in [0.25, 0.3) is 0 Å². The fourth-order valence-corrected chi connectivity index (χ4v) is 5.08. The number of H-pyrrole nitrogens is 1. The standard InChI is InChI=1S/C24H24N4O7S/c1-34-20-6-4-15-22(29)21(12-19-16-11-14(36(2,32)33)3-5-18(16)25-26-19)35-23(15)17(20)13-27-7-9-28(10-8-27)24(30)31/h3-6,11-12H,7-10,13H2,1-2H3,(H,25,26)(H,30,31). The van der Waals surface area contributed by atoms with Gasteiger partial charge in [0.1, 0.15) is 11.5 Å². The third-order valence-corrected chi connectivity index (χ3v) is 7.51. The number of benzene rings is 2. The molecule has 2 aliphatic heterocycles. The molecule has 2 N–H and O–H groups in total. The van der Waals surface area contributed by atoms with Gasteiger partial charge >= 0.3 is 6.09 Å². The summed E-state index contributed by atoms with van der Waals surface area (Å²) in [7, 11) is -1.88. The van der Waals surface area contributed by atoms with Gasteiger partial charge in [0.2, 0.25) is 5.78 Å². The Balaban J connectivity index is 1.47. The minimum Gasteiger partial charge on any atom is -0.496 e. The predicted molar refractivity (Wildman–Crippen MR) is 130 cm³/mol. The van der Waals surface area contributed by atoms with Crippen LogP contribution >= 0.6 is 0 Å². The number of carboxylic acid groups (broad SMARTS) is 1. The number of methoxy groups -OCH3 is 1. The molecule has 1 aromatic heterocycles. The number of nitrogens with zero attached hydrogens (tertiary/aromatic N) is 3. The van der Waals surface area contributed by atoms with Crippen LogP contribution in [0.25, 0.3) is 17.0 Å². The summed E-state index contributed by atoms with van der Waals surface area (Å²) in [5, 5.41) is 16.8. The molecule has 11 nitrogen and oxygen atoms in total. The number of allylic oxidation sites excluding steroid dienone is 1. The molecule has 0 atom stereocenters. The van der Waals surface area contributed by atoms with Crippen molar-refractivity contribution in [2.75, 3.05) is 39.5 Å². The van der Waals surface area contributed by atoms with Crippen molar-refractivity contribution in [3.63, 3.8) is 0 Å². The molecule has 1 fully saturated rings. The van der Waals surface area contributed by atoms with E-state index >= 15 is 0 Å². The third kappa shape index (κ3) is 4.29. The Kier molecular flexibility index (Phi) is 5.92. The van der Waals surface area contributed by atoms with Gasteiger partial charge in [0, 0.05) is 50.4 Å². The van der Waals surface area contributed by atoms with Crippen molar-refractivity contribution in [3.8, 4) is 11.5 Å². The molecule has 0 aliphatic carbocycles. The summed E-state index contributed by atoms with van der Waals surface area (Å²) < 4.78 is 35.6. The Hall–Kier alpha value is -3.90. The zero-order valence-corrected chi connectivity index (χ0v) is 20.5. The zero-order valence-electron chi connectivity index (χ0n) is 19.6. The zero-order chi connectivity index (χ0) is 25.6.